The van der Waals surface area contributed by atoms with Gasteiger partial charge < -0.3 is 15.5 Å². The second-order valence-electron chi connectivity index (χ2n) is 5.49. The van der Waals surface area contributed by atoms with Gasteiger partial charge in [0.25, 0.3) is 0 Å². The molecule has 8 heteroatoms. The van der Waals surface area contributed by atoms with Crippen LogP contribution in [0.15, 0.2) is 11.2 Å². The third kappa shape index (κ3) is 7.32. The summed E-state index contributed by atoms with van der Waals surface area (Å²) >= 11 is 1.72. The molecule has 0 spiro atoms. The van der Waals surface area contributed by atoms with Crippen LogP contribution in [-0.2, 0) is 6.54 Å². The van der Waals surface area contributed by atoms with Crippen LogP contribution in [0, 0.1) is 6.92 Å². The second-order valence-corrected chi connectivity index (χ2v) is 6.81. The van der Waals surface area contributed by atoms with Crippen LogP contribution in [0.25, 0.3) is 0 Å². The smallest absolute Gasteiger partial charge is 0.191 e. The lowest BCUT2D eigenvalue weighted by atomic mass is 10.3. The molecule has 0 saturated carbocycles. The molecule has 0 aliphatic carbocycles. The Bertz CT molecular complexity index is 470. The zero-order valence-electron chi connectivity index (χ0n) is 14.3. The van der Waals surface area contributed by atoms with Gasteiger partial charge >= 0.3 is 0 Å². The number of aromatic nitrogens is 1. The van der Waals surface area contributed by atoms with Gasteiger partial charge in [0.15, 0.2) is 5.96 Å². The van der Waals surface area contributed by atoms with Crippen LogP contribution in [0.5, 0.6) is 0 Å². The molecule has 23 heavy (non-hydrogen) atoms. The number of aliphatic imine (C=N–C) groups is 1. The van der Waals surface area contributed by atoms with Crippen LogP contribution in [0.1, 0.15) is 16.8 Å². The Balaban J connectivity index is 0.00000264. The van der Waals surface area contributed by atoms with E-state index < -0.39 is 0 Å². The van der Waals surface area contributed by atoms with E-state index in [0.29, 0.717) is 0 Å². The number of hydrogen-bond donors (Lipinski definition) is 2. The first kappa shape index (κ1) is 20.6. The van der Waals surface area contributed by atoms with E-state index in [-0.39, 0.29) is 24.0 Å². The van der Waals surface area contributed by atoms with Gasteiger partial charge in [-0.25, -0.2) is 4.98 Å². The number of piperazine rings is 1. The number of aryl methyl sites for hydroxylation is 1. The predicted octanol–water partition coefficient (Wildman–Crippen LogP) is 1.37. The molecule has 1 aromatic rings. The Hall–Kier alpha value is -0.450. The van der Waals surface area contributed by atoms with Crippen molar-refractivity contribution in [1.82, 2.24) is 25.4 Å². The minimum absolute atomic E-state index is 0. The number of hydrogen-bond acceptors (Lipinski definition) is 5. The molecule has 1 aromatic heterocycles. The lowest BCUT2D eigenvalue weighted by molar-refractivity contribution is 0.139. The van der Waals surface area contributed by atoms with Crippen LogP contribution in [-0.4, -0.2) is 73.6 Å². The molecule has 0 bridgehead atoms. The van der Waals surface area contributed by atoms with Crippen LogP contribution in [0.3, 0.4) is 0 Å². The van der Waals surface area contributed by atoms with Crippen LogP contribution < -0.4 is 10.6 Å². The predicted molar refractivity (Wildman–Crippen MR) is 109 cm³/mol. The number of rotatable bonds is 6. The molecule has 132 valence electrons. The minimum atomic E-state index is 0. The number of likely N-dealkylation sites (N-methyl/N-ethyl adjacent to an activating group) is 1. The lowest BCUT2D eigenvalue weighted by Gasteiger charge is -2.34. The Labute approximate surface area is 160 Å². The summed E-state index contributed by atoms with van der Waals surface area (Å²) in [7, 11) is 1.81. The van der Waals surface area contributed by atoms with Crippen LogP contribution in [0.2, 0.25) is 0 Å². The number of guanidine groups is 1. The summed E-state index contributed by atoms with van der Waals surface area (Å²) < 4.78 is 0. The van der Waals surface area contributed by atoms with E-state index in [2.05, 4.69) is 44.3 Å². The van der Waals surface area contributed by atoms with Crippen molar-refractivity contribution in [2.45, 2.75) is 20.4 Å². The fraction of sp³-hybridized carbons (Fsp3) is 0.733. The van der Waals surface area contributed by atoms with E-state index in [9.17, 15) is 0 Å². The molecule has 2 rings (SSSR count). The van der Waals surface area contributed by atoms with Crippen molar-refractivity contribution in [3.8, 4) is 0 Å². The highest BCUT2D eigenvalue weighted by Crippen LogP contribution is 2.10. The van der Waals surface area contributed by atoms with Crippen molar-refractivity contribution < 1.29 is 0 Å². The Morgan fingerprint density at radius 3 is 2.52 bits per heavy atom. The second kappa shape index (κ2) is 11.2. The highest BCUT2D eigenvalue weighted by Gasteiger charge is 2.14. The van der Waals surface area contributed by atoms with Gasteiger partial charge in [-0.2, -0.15) is 0 Å². The maximum absolute atomic E-state index is 4.35. The van der Waals surface area contributed by atoms with Crippen LogP contribution in [0.4, 0.5) is 0 Å². The monoisotopic (exact) mass is 452 g/mol. The topological polar surface area (TPSA) is 55.8 Å². The minimum Gasteiger partial charge on any atom is -0.355 e. The first-order chi connectivity index (χ1) is 10.7. The highest BCUT2D eigenvalue weighted by atomic mass is 127. The SMILES string of the molecule is CCN1CCN(CCNC(=NC)NCc2ncc(C)s2)CC1.I. The summed E-state index contributed by atoms with van der Waals surface area (Å²) in [6.45, 7) is 12.9. The molecule has 2 N–H and O–H groups in total. The molecule has 1 aliphatic rings. The lowest BCUT2D eigenvalue weighted by Crippen LogP contribution is -2.49. The van der Waals surface area contributed by atoms with E-state index in [1.54, 1.807) is 11.3 Å². The van der Waals surface area contributed by atoms with Gasteiger partial charge in [0, 0.05) is 57.4 Å². The number of thiazole rings is 1. The largest absolute Gasteiger partial charge is 0.355 e. The van der Waals surface area contributed by atoms with Gasteiger partial charge in [-0.15, -0.1) is 35.3 Å². The molecular weight excluding hydrogens is 423 g/mol. The molecular formula is C15H29IN6S. The number of nitrogens with one attached hydrogen (secondary N) is 2. The van der Waals surface area contributed by atoms with Gasteiger partial charge in [0.05, 0.1) is 6.54 Å². The number of halogens is 1. The molecule has 0 amide bonds. The van der Waals surface area contributed by atoms with Crippen molar-refractivity contribution in [1.29, 1.82) is 0 Å². The first-order valence-electron chi connectivity index (χ1n) is 8.01. The highest BCUT2D eigenvalue weighted by molar-refractivity contribution is 14.0. The van der Waals surface area contributed by atoms with E-state index >= 15 is 0 Å². The summed E-state index contributed by atoms with van der Waals surface area (Å²) in [5.74, 6) is 0.847. The van der Waals surface area contributed by atoms with E-state index in [1.807, 2.05) is 13.2 Å². The van der Waals surface area contributed by atoms with Gasteiger partial charge in [0.2, 0.25) is 0 Å². The average Bonchev–Trinajstić information content (AvgIpc) is 2.96. The fourth-order valence-corrected chi connectivity index (χ4v) is 3.25. The fourth-order valence-electron chi connectivity index (χ4n) is 2.52. The third-order valence-corrected chi connectivity index (χ3v) is 4.85. The normalized spacial score (nSPS) is 16.9. The molecule has 2 heterocycles. The third-order valence-electron chi connectivity index (χ3n) is 3.93. The Morgan fingerprint density at radius 2 is 1.96 bits per heavy atom. The quantitative estimate of drug-likeness (QED) is 0.388. The van der Waals surface area contributed by atoms with E-state index in [1.165, 1.54) is 37.6 Å². The van der Waals surface area contributed by atoms with Gasteiger partial charge in [-0.1, -0.05) is 6.92 Å². The molecule has 0 unspecified atom stereocenters. The van der Waals surface area contributed by atoms with Crippen molar-refractivity contribution in [2.24, 2.45) is 4.99 Å². The molecule has 6 nitrogen and oxygen atoms in total. The zero-order valence-corrected chi connectivity index (χ0v) is 17.5. The maximum Gasteiger partial charge on any atom is 0.191 e. The standard InChI is InChI=1S/C15H28N6S.HI/c1-4-20-7-9-21(10-8-20)6-5-17-15(16-3)19-12-14-18-11-13(2)22-14;/h11H,4-10,12H2,1-3H3,(H2,16,17,19);1H. The molecule has 1 aliphatic heterocycles. The van der Waals surface area contributed by atoms with Gasteiger partial charge in [-0.05, 0) is 13.5 Å². The summed E-state index contributed by atoms with van der Waals surface area (Å²) in [6.07, 6.45) is 1.91. The summed E-state index contributed by atoms with van der Waals surface area (Å²) in [6, 6.07) is 0. The van der Waals surface area contributed by atoms with Crippen LogP contribution >= 0.6 is 35.3 Å². The van der Waals surface area contributed by atoms with Crippen molar-refractivity contribution in [3.63, 3.8) is 0 Å². The van der Waals surface area contributed by atoms with Crippen molar-refractivity contribution >= 4 is 41.3 Å². The number of nitrogens with zero attached hydrogens (tertiary/aromatic N) is 4. The molecule has 0 aromatic carbocycles. The van der Waals surface area contributed by atoms with Gasteiger partial charge in [-0.3, -0.25) is 9.89 Å². The Kier molecular flexibility index (Phi) is 10.00. The van der Waals surface area contributed by atoms with Gasteiger partial charge in [0.1, 0.15) is 5.01 Å². The molecule has 1 saturated heterocycles. The summed E-state index contributed by atoms with van der Waals surface area (Å²) in [5.41, 5.74) is 0. The first-order valence-corrected chi connectivity index (χ1v) is 8.83. The average molecular weight is 452 g/mol. The summed E-state index contributed by atoms with van der Waals surface area (Å²) in [5, 5.41) is 7.79. The van der Waals surface area contributed by atoms with E-state index in [4.69, 9.17) is 0 Å². The van der Waals surface area contributed by atoms with Crippen molar-refractivity contribution in [2.75, 3.05) is 52.9 Å². The van der Waals surface area contributed by atoms with E-state index in [0.717, 1.165) is 30.6 Å². The maximum atomic E-state index is 4.35. The van der Waals surface area contributed by atoms with Crippen molar-refractivity contribution in [3.05, 3.63) is 16.1 Å². The summed E-state index contributed by atoms with van der Waals surface area (Å²) in [4.78, 5) is 14.9. The zero-order chi connectivity index (χ0) is 15.8. The molecule has 1 fully saturated rings. The molecule has 0 radical (unpaired) electrons. The molecule has 0 atom stereocenters. The Morgan fingerprint density at radius 1 is 1.26 bits per heavy atom.